The van der Waals surface area contributed by atoms with Gasteiger partial charge < -0.3 is 9.13 Å². The summed E-state index contributed by atoms with van der Waals surface area (Å²) in [5.74, 6) is 0. The Bertz CT molecular complexity index is 3080. The van der Waals surface area contributed by atoms with Gasteiger partial charge in [-0.1, -0.05) is 121 Å². The van der Waals surface area contributed by atoms with Gasteiger partial charge in [0.1, 0.15) is 0 Å². The van der Waals surface area contributed by atoms with Gasteiger partial charge in [0, 0.05) is 44.3 Å². The minimum Gasteiger partial charge on any atom is -0.307 e. The maximum atomic E-state index is 16.3. The molecule has 11 rings (SSSR count). The minimum atomic E-state index is -3.51. The Morgan fingerprint density at radius 2 is 0.759 bits per heavy atom. The summed E-state index contributed by atoms with van der Waals surface area (Å²) >= 11 is 0. The van der Waals surface area contributed by atoms with Crippen molar-refractivity contribution in [1.82, 2.24) is 9.13 Å². The van der Waals surface area contributed by atoms with Gasteiger partial charge in [-0.05, 0) is 78.9 Å². The molecule has 1 atom stereocenters. The molecule has 54 heavy (non-hydrogen) atoms. The molecule has 3 heterocycles. The Morgan fingerprint density at radius 3 is 1.30 bits per heavy atom. The summed E-state index contributed by atoms with van der Waals surface area (Å²) < 4.78 is 25.2. The van der Waals surface area contributed by atoms with Crippen LogP contribution in [0.4, 0.5) is 22.7 Å². The lowest BCUT2D eigenvalue weighted by Crippen LogP contribution is -2.26. The van der Waals surface area contributed by atoms with Crippen molar-refractivity contribution in [2.75, 3.05) is 9.34 Å². The van der Waals surface area contributed by atoms with E-state index in [4.69, 9.17) is 0 Å². The SMILES string of the molecule is O=P1(c2ccccc2)N(c2ccccc2)c2ccc(-n3c4ccccc4c4ccc5c6ccccc6n(-c6ccccc6)c5c43)cc2N1c1ccccc1. The molecule has 10 aromatic rings. The van der Waals surface area contributed by atoms with Crippen molar-refractivity contribution in [2.45, 2.75) is 0 Å². The summed E-state index contributed by atoms with van der Waals surface area (Å²) in [6.45, 7) is 0. The highest BCUT2D eigenvalue weighted by molar-refractivity contribution is 7.76. The normalized spacial score (nSPS) is 15.5. The number of para-hydroxylation sites is 5. The molecule has 0 amide bonds. The van der Waals surface area contributed by atoms with Crippen LogP contribution in [0.3, 0.4) is 0 Å². The van der Waals surface area contributed by atoms with E-state index in [9.17, 15) is 0 Å². The summed E-state index contributed by atoms with van der Waals surface area (Å²) in [6, 6.07) is 69.4. The molecule has 0 saturated heterocycles. The van der Waals surface area contributed by atoms with Gasteiger partial charge >= 0.3 is 7.44 Å². The van der Waals surface area contributed by atoms with Crippen LogP contribution in [0.2, 0.25) is 0 Å². The highest BCUT2D eigenvalue weighted by atomic mass is 31.2. The molecule has 1 unspecified atom stereocenters. The molecular weight excluding hydrogens is 680 g/mol. The number of fused-ring (bicyclic) bond motifs is 8. The first-order chi connectivity index (χ1) is 26.7. The molecule has 1 aliphatic rings. The van der Waals surface area contributed by atoms with Crippen LogP contribution in [-0.4, -0.2) is 9.13 Å². The Morgan fingerprint density at radius 1 is 0.333 bits per heavy atom. The molecular formula is C48H33N4OP. The standard InChI is InChI=1S/C48H33N4OP/c53-54(38-23-11-4-12-24-38)51(35-19-7-2-8-20-35)45-32-29-37(33-46(45)52(54)36-21-9-3-10-22-36)50-44-28-16-14-26-40(44)42-31-30-41-39-25-13-15-27-43(39)49(47(41)48(42)50)34-17-5-1-6-18-34/h1-33H. The molecule has 0 radical (unpaired) electrons. The molecule has 0 fully saturated rings. The quantitative estimate of drug-likeness (QED) is 0.167. The van der Waals surface area contributed by atoms with E-state index >= 15 is 4.57 Å². The molecule has 6 heteroatoms. The van der Waals surface area contributed by atoms with Crippen LogP contribution in [0.1, 0.15) is 0 Å². The predicted molar refractivity (Wildman–Crippen MR) is 226 cm³/mol. The smallest absolute Gasteiger partial charge is 0.301 e. The topological polar surface area (TPSA) is 33.4 Å². The number of nitrogens with zero attached hydrogens (tertiary/aromatic N) is 4. The summed E-state index contributed by atoms with van der Waals surface area (Å²) in [7, 11) is -3.51. The van der Waals surface area contributed by atoms with Crippen molar-refractivity contribution in [3.8, 4) is 11.4 Å². The molecule has 5 nitrogen and oxygen atoms in total. The van der Waals surface area contributed by atoms with Gasteiger partial charge in [-0.2, -0.15) is 0 Å². The number of benzene rings is 8. The third-order valence-corrected chi connectivity index (χ3v) is 13.7. The predicted octanol–water partition coefficient (Wildman–Crippen LogP) is 12.7. The highest BCUT2D eigenvalue weighted by Gasteiger charge is 2.49. The van der Waals surface area contributed by atoms with Crippen LogP contribution < -0.4 is 14.6 Å². The van der Waals surface area contributed by atoms with Gasteiger partial charge in [0.05, 0.1) is 38.7 Å². The van der Waals surface area contributed by atoms with Crippen LogP contribution in [0, 0.1) is 0 Å². The van der Waals surface area contributed by atoms with Crippen LogP contribution in [0.5, 0.6) is 0 Å². The molecule has 256 valence electrons. The Balaban J connectivity index is 1.27. The first-order valence-corrected chi connectivity index (χ1v) is 19.9. The summed E-state index contributed by atoms with van der Waals surface area (Å²) in [5, 5.41) is 5.53. The van der Waals surface area contributed by atoms with Gasteiger partial charge in [0.2, 0.25) is 0 Å². The van der Waals surface area contributed by atoms with Crippen molar-refractivity contribution >= 4 is 79.1 Å². The second kappa shape index (κ2) is 11.9. The maximum Gasteiger partial charge on any atom is 0.301 e. The van der Waals surface area contributed by atoms with Gasteiger partial charge in [-0.3, -0.25) is 13.9 Å². The third-order valence-electron chi connectivity index (χ3n) is 10.8. The number of hydrogen-bond donors (Lipinski definition) is 0. The number of rotatable bonds is 5. The lowest BCUT2D eigenvalue weighted by atomic mass is 10.1. The van der Waals surface area contributed by atoms with E-state index in [-0.39, 0.29) is 0 Å². The fourth-order valence-electron chi connectivity index (χ4n) is 8.58. The zero-order valence-electron chi connectivity index (χ0n) is 29.2. The monoisotopic (exact) mass is 712 g/mol. The average molecular weight is 713 g/mol. The molecule has 1 aliphatic heterocycles. The zero-order valence-corrected chi connectivity index (χ0v) is 30.1. The van der Waals surface area contributed by atoms with Crippen molar-refractivity contribution in [1.29, 1.82) is 0 Å². The van der Waals surface area contributed by atoms with Crippen LogP contribution in [0.25, 0.3) is 55.0 Å². The lowest BCUT2D eigenvalue weighted by Gasteiger charge is -2.33. The van der Waals surface area contributed by atoms with E-state index in [0.717, 1.165) is 61.5 Å². The lowest BCUT2D eigenvalue weighted by molar-refractivity contribution is 0.582. The molecule has 8 aromatic carbocycles. The summed E-state index contributed by atoms with van der Waals surface area (Å²) in [4.78, 5) is 0. The molecule has 0 spiro atoms. The molecule has 0 bridgehead atoms. The molecule has 0 aliphatic carbocycles. The van der Waals surface area contributed by atoms with E-state index in [1.165, 1.54) is 21.5 Å². The van der Waals surface area contributed by atoms with Crippen molar-refractivity contribution in [3.63, 3.8) is 0 Å². The summed E-state index contributed by atoms with van der Waals surface area (Å²) in [6.07, 6.45) is 0. The van der Waals surface area contributed by atoms with E-state index in [2.05, 4.69) is 140 Å². The number of hydrogen-bond acceptors (Lipinski definition) is 1. The van der Waals surface area contributed by atoms with E-state index in [0.29, 0.717) is 0 Å². The first-order valence-electron chi connectivity index (χ1n) is 18.2. The van der Waals surface area contributed by atoms with E-state index < -0.39 is 7.44 Å². The van der Waals surface area contributed by atoms with Gasteiger partial charge in [-0.15, -0.1) is 0 Å². The third kappa shape index (κ3) is 4.30. The summed E-state index contributed by atoms with van der Waals surface area (Å²) in [5.41, 5.74) is 10.2. The Kier molecular flexibility index (Phi) is 6.76. The average Bonchev–Trinajstić information content (AvgIpc) is 3.85. The van der Waals surface area contributed by atoms with Crippen LogP contribution in [-0.2, 0) is 4.57 Å². The van der Waals surface area contributed by atoms with Crippen molar-refractivity contribution < 1.29 is 4.57 Å². The van der Waals surface area contributed by atoms with Gasteiger partial charge in [-0.25, -0.2) is 0 Å². The second-order valence-corrected chi connectivity index (χ2v) is 16.2. The Hall–Kier alpha value is -6.81. The minimum absolute atomic E-state index is 0.765. The van der Waals surface area contributed by atoms with Crippen molar-refractivity contribution in [3.05, 3.63) is 200 Å². The van der Waals surface area contributed by atoms with E-state index in [1.54, 1.807) is 0 Å². The fourth-order valence-corrected chi connectivity index (χ4v) is 11.6. The molecule has 2 aromatic heterocycles. The van der Waals surface area contributed by atoms with Crippen LogP contribution >= 0.6 is 7.44 Å². The van der Waals surface area contributed by atoms with Crippen LogP contribution in [0.15, 0.2) is 200 Å². The maximum absolute atomic E-state index is 16.3. The second-order valence-electron chi connectivity index (χ2n) is 13.7. The fraction of sp³-hybridized carbons (Fsp3) is 0. The first kappa shape index (κ1) is 30.8. The van der Waals surface area contributed by atoms with Gasteiger partial charge in [0.25, 0.3) is 0 Å². The molecule has 0 N–H and O–H groups in total. The highest BCUT2D eigenvalue weighted by Crippen LogP contribution is 2.70. The zero-order chi connectivity index (χ0) is 35.8. The number of aromatic nitrogens is 2. The Labute approximate surface area is 312 Å². The van der Waals surface area contributed by atoms with E-state index in [1.807, 2.05) is 78.9 Å². The van der Waals surface area contributed by atoms with Gasteiger partial charge in [0.15, 0.2) is 0 Å². The van der Waals surface area contributed by atoms with Crippen molar-refractivity contribution in [2.24, 2.45) is 0 Å². The molecule has 0 saturated carbocycles. The largest absolute Gasteiger partial charge is 0.307 e. The number of anilines is 4.